The quantitative estimate of drug-likeness (QED) is 0.492. The normalized spacial score (nSPS) is 10.9. The SMILES string of the molecule is CC(C)c1ccc(CN(Cc2ccco2)C(=O)COc2ccccc2Cl)cc1. The molecule has 0 fully saturated rings. The van der Waals surface area contributed by atoms with Crippen molar-refractivity contribution in [3.05, 3.63) is 88.8 Å². The molecule has 0 aliphatic carbocycles. The van der Waals surface area contributed by atoms with Crippen molar-refractivity contribution in [1.29, 1.82) is 0 Å². The van der Waals surface area contributed by atoms with E-state index in [0.717, 1.165) is 11.3 Å². The molecule has 1 amide bonds. The van der Waals surface area contributed by atoms with Gasteiger partial charge < -0.3 is 14.1 Å². The Hall–Kier alpha value is -2.72. The van der Waals surface area contributed by atoms with Gasteiger partial charge in [0.1, 0.15) is 11.5 Å². The van der Waals surface area contributed by atoms with Crippen molar-refractivity contribution in [3.8, 4) is 5.75 Å². The van der Waals surface area contributed by atoms with Crippen LogP contribution in [0.2, 0.25) is 5.02 Å². The first kappa shape index (κ1) is 20.0. The Morgan fingerprint density at radius 1 is 1.04 bits per heavy atom. The molecule has 0 atom stereocenters. The number of rotatable bonds is 8. The van der Waals surface area contributed by atoms with Crippen LogP contribution in [0.25, 0.3) is 0 Å². The van der Waals surface area contributed by atoms with Gasteiger partial charge in [0.05, 0.1) is 17.8 Å². The Bertz CT molecular complexity index is 888. The molecular formula is C23H24ClNO3. The third-order valence-corrected chi connectivity index (χ3v) is 4.80. The summed E-state index contributed by atoms with van der Waals surface area (Å²) in [5.41, 5.74) is 2.33. The van der Waals surface area contributed by atoms with Crippen molar-refractivity contribution in [2.75, 3.05) is 6.61 Å². The molecular weight excluding hydrogens is 374 g/mol. The van der Waals surface area contributed by atoms with Gasteiger partial charge in [0.25, 0.3) is 5.91 Å². The van der Waals surface area contributed by atoms with E-state index in [2.05, 4.69) is 38.1 Å². The van der Waals surface area contributed by atoms with Gasteiger partial charge in [-0.1, -0.05) is 61.8 Å². The number of hydrogen-bond acceptors (Lipinski definition) is 3. The Balaban J connectivity index is 1.70. The Morgan fingerprint density at radius 3 is 2.43 bits per heavy atom. The Labute approximate surface area is 170 Å². The second kappa shape index (κ2) is 9.47. The number of hydrogen-bond donors (Lipinski definition) is 0. The summed E-state index contributed by atoms with van der Waals surface area (Å²) >= 11 is 6.11. The van der Waals surface area contributed by atoms with Gasteiger partial charge in [-0.25, -0.2) is 0 Å². The van der Waals surface area contributed by atoms with Crippen LogP contribution in [-0.4, -0.2) is 17.4 Å². The highest BCUT2D eigenvalue weighted by Gasteiger charge is 2.17. The van der Waals surface area contributed by atoms with Crippen LogP contribution in [0.15, 0.2) is 71.3 Å². The van der Waals surface area contributed by atoms with E-state index in [4.69, 9.17) is 20.8 Å². The minimum atomic E-state index is -0.135. The zero-order valence-electron chi connectivity index (χ0n) is 16.1. The minimum Gasteiger partial charge on any atom is -0.482 e. The Kier molecular flexibility index (Phi) is 6.77. The molecule has 28 heavy (non-hydrogen) atoms. The number of carbonyl (C=O) groups is 1. The number of benzene rings is 2. The standard InChI is InChI=1S/C23H24ClNO3/c1-17(2)19-11-9-18(10-12-19)14-25(15-20-6-5-13-27-20)23(26)16-28-22-8-4-3-7-21(22)24/h3-13,17H,14-16H2,1-2H3. The first-order chi connectivity index (χ1) is 13.5. The van der Waals surface area contributed by atoms with E-state index in [0.29, 0.717) is 29.8 Å². The van der Waals surface area contributed by atoms with E-state index in [-0.39, 0.29) is 12.5 Å². The van der Waals surface area contributed by atoms with Crippen molar-refractivity contribution in [3.63, 3.8) is 0 Å². The van der Waals surface area contributed by atoms with Gasteiger partial charge in [-0.3, -0.25) is 4.79 Å². The minimum absolute atomic E-state index is 0.0888. The highest BCUT2D eigenvalue weighted by Crippen LogP contribution is 2.23. The maximum absolute atomic E-state index is 12.8. The van der Waals surface area contributed by atoms with E-state index in [9.17, 15) is 4.79 Å². The van der Waals surface area contributed by atoms with Crippen LogP contribution in [0.1, 0.15) is 36.7 Å². The Morgan fingerprint density at radius 2 is 1.79 bits per heavy atom. The number of amides is 1. The highest BCUT2D eigenvalue weighted by atomic mass is 35.5. The number of ether oxygens (including phenoxy) is 1. The molecule has 0 bridgehead atoms. The monoisotopic (exact) mass is 397 g/mol. The zero-order valence-corrected chi connectivity index (χ0v) is 16.9. The summed E-state index contributed by atoms with van der Waals surface area (Å²) < 4.78 is 11.1. The molecule has 0 aliphatic heterocycles. The van der Waals surface area contributed by atoms with Gasteiger partial charge in [0, 0.05) is 6.54 Å². The molecule has 146 valence electrons. The molecule has 0 aliphatic rings. The van der Waals surface area contributed by atoms with Crippen molar-refractivity contribution in [2.45, 2.75) is 32.9 Å². The maximum Gasteiger partial charge on any atom is 0.261 e. The summed E-state index contributed by atoms with van der Waals surface area (Å²) in [6.45, 7) is 5.09. The lowest BCUT2D eigenvalue weighted by Crippen LogP contribution is -2.34. The van der Waals surface area contributed by atoms with Crippen LogP contribution in [0, 0.1) is 0 Å². The molecule has 4 nitrogen and oxygen atoms in total. The number of carbonyl (C=O) groups excluding carboxylic acids is 1. The van der Waals surface area contributed by atoms with Crippen molar-refractivity contribution in [2.24, 2.45) is 0 Å². The fourth-order valence-corrected chi connectivity index (χ4v) is 3.03. The highest BCUT2D eigenvalue weighted by molar-refractivity contribution is 6.32. The van der Waals surface area contributed by atoms with Crippen LogP contribution in [-0.2, 0) is 17.9 Å². The summed E-state index contributed by atoms with van der Waals surface area (Å²) in [5.74, 6) is 1.56. The van der Waals surface area contributed by atoms with Gasteiger partial charge >= 0.3 is 0 Å². The molecule has 3 aromatic rings. The molecule has 0 saturated carbocycles. The van der Waals surface area contributed by atoms with Crippen LogP contribution < -0.4 is 4.74 Å². The van der Waals surface area contributed by atoms with Gasteiger partial charge in [0.15, 0.2) is 6.61 Å². The predicted octanol–water partition coefficient (Wildman–Crippen LogP) is 5.66. The molecule has 0 unspecified atom stereocenters. The van der Waals surface area contributed by atoms with Crippen molar-refractivity contribution < 1.29 is 13.9 Å². The van der Waals surface area contributed by atoms with E-state index < -0.39 is 0 Å². The molecule has 0 radical (unpaired) electrons. The summed E-state index contributed by atoms with van der Waals surface area (Å²) in [6, 6.07) is 19.1. The van der Waals surface area contributed by atoms with Crippen LogP contribution in [0.4, 0.5) is 0 Å². The number of para-hydroxylation sites is 1. The average Bonchev–Trinajstić information content (AvgIpc) is 3.20. The van der Waals surface area contributed by atoms with E-state index >= 15 is 0 Å². The number of furan rings is 1. The van der Waals surface area contributed by atoms with Crippen LogP contribution in [0.3, 0.4) is 0 Å². The van der Waals surface area contributed by atoms with Gasteiger partial charge in [-0.2, -0.15) is 0 Å². The fraction of sp³-hybridized carbons (Fsp3) is 0.261. The van der Waals surface area contributed by atoms with Crippen LogP contribution >= 0.6 is 11.6 Å². The van der Waals surface area contributed by atoms with Crippen molar-refractivity contribution >= 4 is 17.5 Å². The first-order valence-corrected chi connectivity index (χ1v) is 9.67. The molecule has 2 aromatic carbocycles. The van der Waals surface area contributed by atoms with Gasteiger partial charge in [0.2, 0.25) is 0 Å². The third kappa shape index (κ3) is 5.40. The summed E-state index contributed by atoms with van der Waals surface area (Å²) in [6.07, 6.45) is 1.61. The fourth-order valence-electron chi connectivity index (χ4n) is 2.84. The third-order valence-electron chi connectivity index (χ3n) is 4.49. The molecule has 1 aromatic heterocycles. The van der Waals surface area contributed by atoms with E-state index in [1.165, 1.54) is 5.56 Å². The lowest BCUT2D eigenvalue weighted by molar-refractivity contribution is -0.134. The zero-order chi connectivity index (χ0) is 19.9. The summed E-state index contributed by atoms with van der Waals surface area (Å²) in [5, 5.41) is 0.483. The first-order valence-electron chi connectivity index (χ1n) is 9.29. The number of halogens is 1. The topological polar surface area (TPSA) is 42.7 Å². The lowest BCUT2D eigenvalue weighted by atomic mass is 10.0. The predicted molar refractivity (Wildman–Crippen MR) is 110 cm³/mol. The largest absolute Gasteiger partial charge is 0.482 e. The van der Waals surface area contributed by atoms with Crippen molar-refractivity contribution in [1.82, 2.24) is 4.90 Å². The second-order valence-corrected chi connectivity index (χ2v) is 7.35. The molecule has 0 spiro atoms. The van der Waals surface area contributed by atoms with E-state index in [1.54, 1.807) is 23.3 Å². The summed E-state index contributed by atoms with van der Waals surface area (Å²) in [4.78, 5) is 14.6. The van der Waals surface area contributed by atoms with Gasteiger partial charge in [-0.15, -0.1) is 0 Å². The van der Waals surface area contributed by atoms with Gasteiger partial charge in [-0.05, 0) is 41.3 Å². The van der Waals surface area contributed by atoms with Crippen LogP contribution in [0.5, 0.6) is 5.75 Å². The number of nitrogens with zero attached hydrogens (tertiary/aromatic N) is 1. The average molecular weight is 398 g/mol. The molecule has 3 rings (SSSR count). The molecule has 1 heterocycles. The van der Waals surface area contributed by atoms with E-state index in [1.807, 2.05) is 24.3 Å². The molecule has 0 N–H and O–H groups in total. The summed E-state index contributed by atoms with van der Waals surface area (Å²) in [7, 11) is 0. The second-order valence-electron chi connectivity index (χ2n) is 6.94. The molecule has 5 heteroatoms. The smallest absolute Gasteiger partial charge is 0.261 e. The molecule has 0 saturated heterocycles. The lowest BCUT2D eigenvalue weighted by Gasteiger charge is -2.22. The maximum atomic E-state index is 12.8.